The number of aromatic nitrogens is 1. The third kappa shape index (κ3) is 3.53. The summed E-state index contributed by atoms with van der Waals surface area (Å²) in [4.78, 5) is 4.14. The average Bonchev–Trinajstić information content (AvgIpc) is 2.71. The molecule has 0 aliphatic rings. The lowest BCUT2D eigenvalue weighted by Gasteiger charge is -1.80. The third-order valence-electron chi connectivity index (χ3n) is 1.24. The first-order chi connectivity index (χ1) is 6.47. The zero-order chi connectivity index (χ0) is 10.1. The minimum Gasteiger partial charge on any atom is -0.333 e. The number of nitrogens with zero attached hydrogens (tertiary/aromatic N) is 1. The smallest absolute Gasteiger partial charge is 0.0812 e. The number of para-hydroxylation sites is 1. The van der Waals surface area contributed by atoms with Gasteiger partial charge in [-0.1, -0.05) is 26.0 Å². The average molecular weight is 196 g/mol. The Hall–Kier alpha value is -0.930. The number of rotatable bonds is 0. The van der Waals surface area contributed by atoms with Gasteiger partial charge in [-0.2, -0.15) is 0 Å². The number of hydrogen-bond donors (Lipinski definition) is 1. The molecule has 0 amide bonds. The summed E-state index contributed by atoms with van der Waals surface area (Å²) in [6, 6.07) is 8.13. The number of fused-ring (bicyclic) bond motifs is 1. The van der Waals surface area contributed by atoms with Crippen molar-refractivity contribution in [2.45, 2.75) is 13.8 Å². The Bertz CT molecular complexity index is 287. The maximum absolute atomic E-state index is 4.50. The second kappa shape index (κ2) is 7.71. The van der Waals surface area contributed by atoms with Crippen molar-refractivity contribution in [2.24, 2.45) is 5.73 Å². The topological polar surface area (TPSA) is 38.9 Å². The van der Waals surface area contributed by atoms with Gasteiger partial charge >= 0.3 is 0 Å². The molecule has 3 heteroatoms. The van der Waals surface area contributed by atoms with Gasteiger partial charge in [0.1, 0.15) is 0 Å². The molecule has 0 aliphatic carbocycles. The zero-order valence-electron chi connectivity index (χ0n) is 8.32. The van der Waals surface area contributed by atoms with E-state index in [-0.39, 0.29) is 0 Å². The Morgan fingerprint density at radius 3 is 2.38 bits per heavy atom. The molecule has 1 aromatic heterocycles. The normalized spacial score (nSPS) is 8.00. The van der Waals surface area contributed by atoms with Crippen LogP contribution >= 0.6 is 11.3 Å². The standard InChI is InChI=1S/C7H5NS.C2H6.CH5N/c1-2-4-7-6(3-1)8-5-9-7;2*1-2/h1-5H;1-2H3;2H2,1H3. The Balaban J connectivity index is 0.000000322. The van der Waals surface area contributed by atoms with Crippen LogP contribution in [0.25, 0.3) is 10.2 Å². The molecule has 0 bridgehead atoms. The molecular weight excluding hydrogens is 180 g/mol. The van der Waals surface area contributed by atoms with E-state index in [2.05, 4.69) is 16.8 Å². The van der Waals surface area contributed by atoms with Gasteiger partial charge in [0.2, 0.25) is 0 Å². The monoisotopic (exact) mass is 196 g/mol. The fourth-order valence-electron chi connectivity index (χ4n) is 0.803. The molecule has 0 atom stereocenters. The quantitative estimate of drug-likeness (QED) is 0.703. The molecule has 2 rings (SSSR count). The van der Waals surface area contributed by atoms with Gasteiger partial charge in [-0.25, -0.2) is 4.98 Å². The molecule has 1 heterocycles. The van der Waals surface area contributed by atoms with E-state index in [0.717, 1.165) is 5.52 Å². The van der Waals surface area contributed by atoms with E-state index in [0.29, 0.717) is 0 Å². The number of thiazole rings is 1. The lowest BCUT2D eigenvalue weighted by atomic mass is 10.3. The molecule has 0 spiro atoms. The Kier molecular flexibility index (Phi) is 7.15. The van der Waals surface area contributed by atoms with Gasteiger partial charge in [0.05, 0.1) is 15.7 Å². The fraction of sp³-hybridized carbons (Fsp3) is 0.300. The van der Waals surface area contributed by atoms with Crippen molar-refractivity contribution in [1.82, 2.24) is 4.98 Å². The second-order valence-electron chi connectivity index (χ2n) is 1.82. The van der Waals surface area contributed by atoms with E-state index < -0.39 is 0 Å². The van der Waals surface area contributed by atoms with Gasteiger partial charge in [-0.05, 0) is 19.2 Å². The molecule has 2 N–H and O–H groups in total. The Labute approximate surface area is 83.4 Å². The minimum absolute atomic E-state index is 1.10. The zero-order valence-corrected chi connectivity index (χ0v) is 9.14. The maximum Gasteiger partial charge on any atom is 0.0812 e. The highest BCUT2D eigenvalue weighted by Gasteiger charge is 1.89. The summed E-state index contributed by atoms with van der Waals surface area (Å²) in [6.45, 7) is 4.00. The predicted octanol–water partition coefficient (Wildman–Crippen LogP) is 2.90. The molecule has 2 aromatic rings. The summed E-state index contributed by atoms with van der Waals surface area (Å²) in [7, 11) is 1.50. The molecule has 2 nitrogen and oxygen atoms in total. The molecular formula is C10H16N2S. The maximum atomic E-state index is 4.50. The van der Waals surface area contributed by atoms with Crippen LogP contribution < -0.4 is 5.73 Å². The molecule has 13 heavy (non-hydrogen) atoms. The second-order valence-corrected chi connectivity index (χ2v) is 2.71. The van der Waals surface area contributed by atoms with Crippen molar-refractivity contribution in [1.29, 1.82) is 0 Å². The first-order valence-electron chi connectivity index (χ1n) is 4.33. The van der Waals surface area contributed by atoms with Gasteiger partial charge in [0.25, 0.3) is 0 Å². The molecule has 0 saturated carbocycles. The van der Waals surface area contributed by atoms with Gasteiger partial charge in [0.15, 0.2) is 0 Å². The van der Waals surface area contributed by atoms with E-state index in [1.807, 2.05) is 37.6 Å². The van der Waals surface area contributed by atoms with Crippen molar-refractivity contribution in [3.63, 3.8) is 0 Å². The number of nitrogens with two attached hydrogens (primary N) is 1. The van der Waals surface area contributed by atoms with E-state index in [1.165, 1.54) is 11.7 Å². The summed E-state index contributed by atoms with van der Waals surface area (Å²) in [6.07, 6.45) is 0. The van der Waals surface area contributed by atoms with Gasteiger partial charge in [-0.3, -0.25) is 0 Å². The van der Waals surface area contributed by atoms with Crippen molar-refractivity contribution in [3.8, 4) is 0 Å². The van der Waals surface area contributed by atoms with Crippen LogP contribution in [0.3, 0.4) is 0 Å². The van der Waals surface area contributed by atoms with E-state index in [9.17, 15) is 0 Å². The molecule has 0 fully saturated rings. The SMILES string of the molecule is CC.CN.c1ccc2scnc2c1. The summed E-state index contributed by atoms with van der Waals surface area (Å²) in [5.41, 5.74) is 7.47. The third-order valence-corrected chi connectivity index (χ3v) is 2.05. The van der Waals surface area contributed by atoms with E-state index in [4.69, 9.17) is 0 Å². The van der Waals surface area contributed by atoms with Crippen LogP contribution in [0, 0.1) is 0 Å². The van der Waals surface area contributed by atoms with Crippen LogP contribution in [0.15, 0.2) is 29.8 Å². The van der Waals surface area contributed by atoms with Crippen LogP contribution in [0.1, 0.15) is 13.8 Å². The Morgan fingerprint density at radius 2 is 1.77 bits per heavy atom. The molecule has 0 aliphatic heterocycles. The summed E-state index contributed by atoms with van der Waals surface area (Å²) in [5.74, 6) is 0. The van der Waals surface area contributed by atoms with Crippen LogP contribution in [-0.2, 0) is 0 Å². The molecule has 0 unspecified atom stereocenters. The fourth-order valence-corrected chi connectivity index (χ4v) is 1.48. The number of hydrogen-bond acceptors (Lipinski definition) is 3. The minimum atomic E-state index is 1.10. The Morgan fingerprint density at radius 1 is 1.15 bits per heavy atom. The molecule has 0 saturated heterocycles. The lowest BCUT2D eigenvalue weighted by molar-refractivity contribution is 1.48. The van der Waals surface area contributed by atoms with Crippen LogP contribution in [0.2, 0.25) is 0 Å². The highest BCUT2D eigenvalue weighted by atomic mass is 32.1. The highest BCUT2D eigenvalue weighted by molar-refractivity contribution is 7.16. The lowest BCUT2D eigenvalue weighted by Crippen LogP contribution is -1.69. The summed E-state index contributed by atoms with van der Waals surface area (Å²) in [5, 5.41) is 0. The molecule has 0 radical (unpaired) electrons. The summed E-state index contributed by atoms with van der Waals surface area (Å²) < 4.78 is 1.26. The highest BCUT2D eigenvalue weighted by Crippen LogP contribution is 2.15. The van der Waals surface area contributed by atoms with Gasteiger partial charge in [-0.15, -0.1) is 11.3 Å². The van der Waals surface area contributed by atoms with Gasteiger partial charge < -0.3 is 5.73 Å². The van der Waals surface area contributed by atoms with Crippen LogP contribution in [0.5, 0.6) is 0 Å². The van der Waals surface area contributed by atoms with Crippen LogP contribution in [0.4, 0.5) is 0 Å². The van der Waals surface area contributed by atoms with E-state index >= 15 is 0 Å². The first kappa shape index (κ1) is 12.1. The van der Waals surface area contributed by atoms with Crippen LogP contribution in [-0.4, -0.2) is 12.0 Å². The van der Waals surface area contributed by atoms with Crippen molar-refractivity contribution in [2.75, 3.05) is 7.05 Å². The van der Waals surface area contributed by atoms with Crippen molar-refractivity contribution < 1.29 is 0 Å². The molecule has 72 valence electrons. The molecule has 1 aromatic carbocycles. The van der Waals surface area contributed by atoms with E-state index in [1.54, 1.807) is 11.3 Å². The predicted molar refractivity (Wildman–Crippen MR) is 61.1 cm³/mol. The van der Waals surface area contributed by atoms with Crippen molar-refractivity contribution >= 4 is 21.6 Å². The van der Waals surface area contributed by atoms with Gasteiger partial charge in [0, 0.05) is 0 Å². The van der Waals surface area contributed by atoms with Crippen molar-refractivity contribution in [3.05, 3.63) is 29.8 Å². The summed E-state index contributed by atoms with van der Waals surface area (Å²) >= 11 is 1.68. The largest absolute Gasteiger partial charge is 0.333 e. The number of benzene rings is 1. The first-order valence-corrected chi connectivity index (χ1v) is 5.21.